The van der Waals surface area contributed by atoms with Crippen LogP contribution < -0.4 is 5.32 Å². The van der Waals surface area contributed by atoms with Crippen LogP contribution in [0.3, 0.4) is 0 Å². The maximum absolute atomic E-state index is 8.76. The minimum absolute atomic E-state index is 0.687. The highest BCUT2D eigenvalue weighted by atomic mass is 32.1. The largest absolute Gasteiger partial charge is 0.380 e. The van der Waals surface area contributed by atoms with Crippen molar-refractivity contribution in [2.24, 2.45) is 0 Å². The third kappa shape index (κ3) is 2.90. The van der Waals surface area contributed by atoms with Crippen LogP contribution >= 0.6 is 22.7 Å². The summed E-state index contributed by atoms with van der Waals surface area (Å²) in [7, 11) is 0. The second-order valence-electron chi connectivity index (χ2n) is 4.32. The summed E-state index contributed by atoms with van der Waals surface area (Å²) in [6.07, 6.45) is 0. The van der Waals surface area contributed by atoms with Gasteiger partial charge in [0.25, 0.3) is 0 Å². The van der Waals surface area contributed by atoms with Gasteiger partial charge >= 0.3 is 0 Å². The molecule has 4 heteroatoms. The molecular formula is C16H12N2S2. The van der Waals surface area contributed by atoms with Crippen molar-refractivity contribution in [1.82, 2.24) is 0 Å². The molecule has 0 aliphatic heterocycles. The van der Waals surface area contributed by atoms with Gasteiger partial charge in [-0.1, -0.05) is 6.07 Å². The summed E-state index contributed by atoms with van der Waals surface area (Å²) in [4.78, 5) is 2.61. The van der Waals surface area contributed by atoms with Gasteiger partial charge in [-0.2, -0.15) is 5.26 Å². The summed E-state index contributed by atoms with van der Waals surface area (Å²) in [5.41, 5.74) is 3.02. The first-order chi connectivity index (χ1) is 9.85. The van der Waals surface area contributed by atoms with Crippen LogP contribution in [0.5, 0.6) is 0 Å². The fraction of sp³-hybridized carbons (Fsp3) is 0.0625. The monoisotopic (exact) mass is 296 g/mol. The SMILES string of the molecule is N#Cc1ccc(NCc2cc(-c3cccs3)cs2)cc1. The van der Waals surface area contributed by atoms with Crippen molar-refractivity contribution in [3.8, 4) is 16.5 Å². The zero-order valence-corrected chi connectivity index (χ0v) is 12.3. The molecule has 0 radical (unpaired) electrons. The first-order valence-electron chi connectivity index (χ1n) is 6.20. The lowest BCUT2D eigenvalue weighted by Gasteiger charge is -2.04. The van der Waals surface area contributed by atoms with E-state index >= 15 is 0 Å². The molecule has 0 bridgehead atoms. The second kappa shape index (κ2) is 5.91. The molecule has 98 valence electrons. The molecule has 0 aliphatic carbocycles. The Kier molecular flexibility index (Phi) is 3.82. The van der Waals surface area contributed by atoms with Crippen molar-refractivity contribution >= 4 is 28.4 Å². The smallest absolute Gasteiger partial charge is 0.0991 e. The van der Waals surface area contributed by atoms with Crippen LogP contribution in [0.25, 0.3) is 10.4 Å². The molecular weight excluding hydrogens is 284 g/mol. The molecule has 20 heavy (non-hydrogen) atoms. The molecule has 0 amide bonds. The summed E-state index contributed by atoms with van der Waals surface area (Å²) in [6.45, 7) is 0.807. The molecule has 2 aromatic heterocycles. The number of nitrogens with zero attached hydrogens (tertiary/aromatic N) is 1. The molecule has 0 saturated carbocycles. The summed E-state index contributed by atoms with van der Waals surface area (Å²) in [6, 6.07) is 16.1. The first kappa shape index (κ1) is 12.9. The quantitative estimate of drug-likeness (QED) is 0.738. The second-order valence-corrected chi connectivity index (χ2v) is 6.27. The fourth-order valence-corrected chi connectivity index (χ4v) is 3.51. The van der Waals surface area contributed by atoms with Crippen LogP contribution in [0.15, 0.2) is 53.2 Å². The molecule has 0 fully saturated rings. The van der Waals surface area contributed by atoms with Crippen LogP contribution in [0.2, 0.25) is 0 Å². The van der Waals surface area contributed by atoms with Gasteiger partial charge in [0, 0.05) is 27.5 Å². The van der Waals surface area contributed by atoms with Crippen LogP contribution in [0.4, 0.5) is 5.69 Å². The number of nitrogens with one attached hydrogen (secondary N) is 1. The van der Waals surface area contributed by atoms with Crippen molar-refractivity contribution in [3.05, 3.63) is 63.7 Å². The standard InChI is InChI=1S/C16H12N2S2/c17-9-12-3-5-14(6-4-12)18-10-15-8-13(11-20-15)16-2-1-7-19-16/h1-8,11,18H,10H2. The topological polar surface area (TPSA) is 35.8 Å². The molecule has 0 unspecified atom stereocenters. The highest BCUT2D eigenvalue weighted by Gasteiger charge is 2.03. The van der Waals surface area contributed by atoms with Gasteiger partial charge in [-0.25, -0.2) is 0 Å². The molecule has 0 saturated heterocycles. The van der Waals surface area contributed by atoms with E-state index < -0.39 is 0 Å². The van der Waals surface area contributed by atoms with Crippen LogP contribution in [0.1, 0.15) is 10.4 Å². The zero-order valence-electron chi connectivity index (χ0n) is 10.7. The van der Waals surface area contributed by atoms with Gasteiger partial charge in [0.1, 0.15) is 0 Å². The van der Waals surface area contributed by atoms with Crippen LogP contribution in [-0.4, -0.2) is 0 Å². The minimum Gasteiger partial charge on any atom is -0.380 e. The molecule has 2 nitrogen and oxygen atoms in total. The van der Waals surface area contributed by atoms with Gasteiger partial charge in [-0.15, -0.1) is 22.7 Å². The average molecular weight is 296 g/mol. The Bertz CT molecular complexity index is 719. The lowest BCUT2D eigenvalue weighted by atomic mass is 10.2. The molecule has 0 atom stereocenters. The van der Waals surface area contributed by atoms with E-state index in [-0.39, 0.29) is 0 Å². The maximum Gasteiger partial charge on any atom is 0.0991 e. The molecule has 3 rings (SSSR count). The molecule has 1 N–H and O–H groups in total. The molecule has 3 aromatic rings. The molecule has 0 spiro atoms. The van der Waals surface area contributed by atoms with Crippen LogP contribution in [0, 0.1) is 11.3 Å². The van der Waals surface area contributed by atoms with E-state index in [1.807, 2.05) is 24.3 Å². The third-order valence-electron chi connectivity index (χ3n) is 2.94. The van der Waals surface area contributed by atoms with E-state index in [1.54, 1.807) is 22.7 Å². The number of benzene rings is 1. The van der Waals surface area contributed by atoms with Crippen molar-refractivity contribution in [3.63, 3.8) is 0 Å². The lowest BCUT2D eigenvalue weighted by molar-refractivity contribution is 1.19. The van der Waals surface area contributed by atoms with Gasteiger partial charge in [0.15, 0.2) is 0 Å². The van der Waals surface area contributed by atoms with Crippen LogP contribution in [-0.2, 0) is 6.54 Å². The summed E-state index contributed by atoms with van der Waals surface area (Å²) in [5, 5.41) is 16.4. The average Bonchev–Trinajstić information content (AvgIpc) is 3.16. The molecule has 2 heterocycles. The number of anilines is 1. The van der Waals surface area contributed by atoms with Crippen molar-refractivity contribution < 1.29 is 0 Å². The summed E-state index contributed by atoms with van der Waals surface area (Å²) in [5.74, 6) is 0. The van der Waals surface area contributed by atoms with E-state index in [2.05, 4.69) is 40.3 Å². The van der Waals surface area contributed by atoms with E-state index in [0.29, 0.717) is 5.56 Å². The third-order valence-corrected chi connectivity index (χ3v) is 4.80. The fourth-order valence-electron chi connectivity index (χ4n) is 1.90. The van der Waals surface area contributed by atoms with E-state index in [0.717, 1.165) is 12.2 Å². The van der Waals surface area contributed by atoms with Crippen molar-refractivity contribution in [2.45, 2.75) is 6.54 Å². The Balaban J connectivity index is 1.65. The Morgan fingerprint density at radius 3 is 2.65 bits per heavy atom. The minimum atomic E-state index is 0.687. The number of hydrogen-bond donors (Lipinski definition) is 1. The van der Waals surface area contributed by atoms with Crippen molar-refractivity contribution in [2.75, 3.05) is 5.32 Å². The van der Waals surface area contributed by atoms with Gasteiger partial charge < -0.3 is 5.32 Å². The number of nitriles is 1. The summed E-state index contributed by atoms with van der Waals surface area (Å²) >= 11 is 3.53. The van der Waals surface area contributed by atoms with Gasteiger partial charge in [-0.3, -0.25) is 0 Å². The molecule has 0 aliphatic rings. The van der Waals surface area contributed by atoms with E-state index in [4.69, 9.17) is 5.26 Å². The van der Waals surface area contributed by atoms with Gasteiger partial charge in [0.05, 0.1) is 11.6 Å². The first-order valence-corrected chi connectivity index (χ1v) is 7.96. The van der Waals surface area contributed by atoms with Crippen molar-refractivity contribution in [1.29, 1.82) is 5.26 Å². The lowest BCUT2D eigenvalue weighted by Crippen LogP contribution is -1.96. The summed E-state index contributed by atoms with van der Waals surface area (Å²) < 4.78 is 0. The van der Waals surface area contributed by atoms with E-state index in [9.17, 15) is 0 Å². The van der Waals surface area contributed by atoms with E-state index in [1.165, 1.54) is 15.3 Å². The Morgan fingerprint density at radius 1 is 1.10 bits per heavy atom. The predicted octanol–water partition coefficient (Wildman–Crippen LogP) is 4.96. The Labute approximate surface area is 125 Å². The number of hydrogen-bond acceptors (Lipinski definition) is 4. The Morgan fingerprint density at radius 2 is 1.95 bits per heavy atom. The molecule has 1 aromatic carbocycles. The van der Waals surface area contributed by atoms with Gasteiger partial charge in [-0.05, 0) is 47.2 Å². The van der Waals surface area contributed by atoms with Gasteiger partial charge in [0.2, 0.25) is 0 Å². The zero-order chi connectivity index (χ0) is 13.8. The number of thiophene rings is 2. The highest BCUT2D eigenvalue weighted by molar-refractivity contribution is 7.14. The maximum atomic E-state index is 8.76. The highest BCUT2D eigenvalue weighted by Crippen LogP contribution is 2.29. The normalized spacial score (nSPS) is 10.2. The number of rotatable bonds is 4. The predicted molar refractivity (Wildman–Crippen MR) is 86.1 cm³/mol. The Hall–Kier alpha value is -2.09.